The van der Waals surface area contributed by atoms with Gasteiger partial charge in [-0.1, -0.05) is 18.9 Å². The molecule has 1 aliphatic carbocycles. The molecule has 22 heavy (non-hydrogen) atoms. The molecule has 0 saturated heterocycles. The number of rotatable bonds is 4. The van der Waals surface area contributed by atoms with Crippen molar-refractivity contribution in [2.24, 2.45) is 16.1 Å². The van der Waals surface area contributed by atoms with Gasteiger partial charge in [-0.3, -0.25) is 9.79 Å². The molecule has 0 atom stereocenters. The molecule has 122 valence electrons. The molecule has 1 fully saturated rings. The van der Waals surface area contributed by atoms with Crippen LogP contribution in [0.5, 0.6) is 0 Å². The minimum absolute atomic E-state index is 0. The van der Waals surface area contributed by atoms with Gasteiger partial charge in [-0.25, -0.2) is 4.98 Å². The summed E-state index contributed by atoms with van der Waals surface area (Å²) in [5, 5.41) is 2.94. The molecule has 2 rings (SSSR count). The Morgan fingerprint density at radius 3 is 2.64 bits per heavy atom. The van der Waals surface area contributed by atoms with E-state index in [1.165, 1.54) is 0 Å². The molecule has 3 N–H and O–H groups in total. The lowest BCUT2D eigenvalue weighted by Gasteiger charge is -2.29. The lowest BCUT2D eigenvalue weighted by molar-refractivity contribution is -0.138. The average molecular weight is 417 g/mol. The van der Waals surface area contributed by atoms with E-state index in [2.05, 4.69) is 15.3 Å². The lowest BCUT2D eigenvalue weighted by Crippen LogP contribution is -2.41. The van der Waals surface area contributed by atoms with Crippen LogP contribution in [0.2, 0.25) is 0 Å². The standard InChI is InChI=1S/C15H23N5O.HI/c1-20(2)13(21)15(8-4-5-9-15)11-18-14(16)19-12-7-3-6-10-17-12;/h3,6-7,10H,4-5,8-9,11H2,1-2H3,(H3,16,17,18,19);1H. The van der Waals surface area contributed by atoms with Gasteiger partial charge >= 0.3 is 0 Å². The van der Waals surface area contributed by atoms with Crippen LogP contribution in [0.15, 0.2) is 29.4 Å². The topological polar surface area (TPSA) is 83.6 Å². The molecule has 1 saturated carbocycles. The highest BCUT2D eigenvalue weighted by atomic mass is 127. The zero-order valence-electron chi connectivity index (χ0n) is 13.1. The first-order valence-electron chi connectivity index (χ1n) is 7.23. The van der Waals surface area contributed by atoms with Crippen LogP contribution in [0, 0.1) is 5.41 Å². The van der Waals surface area contributed by atoms with E-state index in [1.807, 2.05) is 18.2 Å². The average Bonchev–Trinajstić information content (AvgIpc) is 2.95. The Kier molecular flexibility index (Phi) is 7.05. The SMILES string of the molecule is CN(C)C(=O)C1(CN=C(N)Nc2ccccn2)CCCC1.I. The number of guanidine groups is 1. The van der Waals surface area contributed by atoms with E-state index in [1.54, 1.807) is 25.2 Å². The van der Waals surface area contributed by atoms with Crippen LogP contribution in [0.3, 0.4) is 0 Å². The largest absolute Gasteiger partial charge is 0.370 e. The molecule has 7 heteroatoms. The second kappa shape index (κ2) is 8.30. The van der Waals surface area contributed by atoms with E-state index in [9.17, 15) is 4.79 Å². The van der Waals surface area contributed by atoms with Gasteiger partial charge in [0.25, 0.3) is 0 Å². The zero-order chi connectivity index (χ0) is 15.3. The van der Waals surface area contributed by atoms with Crippen molar-refractivity contribution in [3.63, 3.8) is 0 Å². The van der Waals surface area contributed by atoms with Gasteiger partial charge in [-0.15, -0.1) is 24.0 Å². The molecular formula is C15H24IN5O. The van der Waals surface area contributed by atoms with Crippen molar-refractivity contribution in [2.75, 3.05) is 26.0 Å². The normalized spacial score (nSPS) is 16.7. The molecular weight excluding hydrogens is 393 g/mol. The van der Waals surface area contributed by atoms with Crippen molar-refractivity contribution in [3.05, 3.63) is 24.4 Å². The van der Waals surface area contributed by atoms with E-state index in [0.717, 1.165) is 25.7 Å². The number of anilines is 1. The Balaban J connectivity index is 0.00000242. The third-order valence-electron chi connectivity index (χ3n) is 3.89. The predicted molar refractivity (Wildman–Crippen MR) is 99.4 cm³/mol. The summed E-state index contributed by atoms with van der Waals surface area (Å²) in [6, 6.07) is 5.52. The fourth-order valence-corrected chi connectivity index (χ4v) is 2.81. The molecule has 1 aromatic rings. The maximum atomic E-state index is 12.4. The molecule has 0 radical (unpaired) electrons. The second-order valence-corrected chi connectivity index (χ2v) is 5.73. The van der Waals surface area contributed by atoms with Crippen LogP contribution in [0.4, 0.5) is 5.82 Å². The summed E-state index contributed by atoms with van der Waals surface area (Å²) in [4.78, 5) is 22.6. The molecule has 0 aliphatic heterocycles. The number of pyridine rings is 1. The number of nitrogens with two attached hydrogens (primary N) is 1. The summed E-state index contributed by atoms with van der Waals surface area (Å²) >= 11 is 0. The maximum absolute atomic E-state index is 12.4. The molecule has 1 amide bonds. The van der Waals surface area contributed by atoms with E-state index < -0.39 is 0 Å². The van der Waals surface area contributed by atoms with Crippen molar-refractivity contribution >= 4 is 41.7 Å². The first-order chi connectivity index (χ1) is 10.0. The Hall–Kier alpha value is -1.38. The smallest absolute Gasteiger partial charge is 0.230 e. The summed E-state index contributed by atoms with van der Waals surface area (Å²) in [5.74, 6) is 1.10. The van der Waals surface area contributed by atoms with Crippen LogP contribution in [-0.2, 0) is 4.79 Å². The fourth-order valence-electron chi connectivity index (χ4n) is 2.81. The van der Waals surface area contributed by atoms with Gasteiger partial charge in [0.2, 0.25) is 5.91 Å². The number of carbonyl (C=O) groups excluding carboxylic acids is 1. The summed E-state index contributed by atoms with van der Waals surface area (Å²) in [5.41, 5.74) is 5.50. The summed E-state index contributed by atoms with van der Waals surface area (Å²) in [7, 11) is 3.59. The molecule has 0 bridgehead atoms. The molecule has 1 aliphatic rings. The monoisotopic (exact) mass is 417 g/mol. The number of nitrogens with one attached hydrogen (secondary N) is 1. The quantitative estimate of drug-likeness (QED) is 0.447. The van der Waals surface area contributed by atoms with Gasteiger partial charge in [-0.2, -0.15) is 0 Å². The lowest BCUT2D eigenvalue weighted by atomic mass is 9.85. The minimum Gasteiger partial charge on any atom is -0.370 e. The molecule has 0 unspecified atom stereocenters. The molecule has 0 aromatic carbocycles. The molecule has 0 spiro atoms. The Morgan fingerprint density at radius 1 is 1.41 bits per heavy atom. The van der Waals surface area contributed by atoms with Crippen LogP contribution in [-0.4, -0.2) is 42.4 Å². The summed E-state index contributed by atoms with van der Waals surface area (Å²) in [6.07, 6.45) is 5.59. The van der Waals surface area contributed by atoms with Gasteiger partial charge in [0.1, 0.15) is 5.82 Å². The highest BCUT2D eigenvalue weighted by molar-refractivity contribution is 14.0. The van der Waals surface area contributed by atoms with Crippen LogP contribution < -0.4 is 11.1 Å². The number of halogens is 1. The highest BCUT2D eigenvalue weighted by Gasteiger charge is 2.41. The number of amides is 1. The highest BCUT2D eigenvalue weighted by Crippen LogP contribution is 2.39. The van der Waals surface area contributed by atoms with Crippen molar-refractivity contribution in [3.8, 4) is 0 Å². The number of aliphatic imine (C=N–C) groups is 1. The third kappa shape index (κ3) is 4.56. The predicted octanol–water partition coefficient (Wildman–Crippen LogP) is 2.07. The van der Waals surface area contributed by atoms with Crippen molar-refractivity contribution in [1.82, 2.24) is 9.88 Å². The Bertz CT molecular complexity index is 512. The third-order valence-corrected chi connectivity index (χ3v) is 3.89. The van der Waals surface area contributed by atoms with Crippen LogP contribution in [0.25, 0.3) is 0 Å². The minimum atomic E-state index is -0.389. The van der Waals surface area contributed by atoms with E-state index in [-0.39, 0.29) is 35.3 Å². The van der Waals surface area contributed by atoms with Gasteiger partial charge in [0, 0.05) is 20.3 Å². The zero-order valence-corrected chi connectivity index (χ0v) is 15.4. The van der Waals surface area contributed by atoms with Crippen LogP contribution >= 0.6 is 24.0 Å². The summed E-state index contributed by atoms with van der Waals surface area (Å²) < 4.78 is 0. The maximum Gasteiger partial charge on any atom is 0.230 e. The Morgan fingerprint density at radius 2 is 2.09 bits per heavy atom. The number of hydrogen-bond donors (Lipinski definition) is 2. The van der Waals surface area contributed by atoms with Crippen molar-refractivity contribution in [1.29, 1.82) is 0 Å². The van der Waals surface area contributed by atoms with E-state index in [0.29, 0.717) is 18.3 Å². The summed E-state index contributed by atoms with van der Waals surface area (Å²) in [6.45, 7) is 0.426. The van der Waals surface area contributed by atoms with Gasteiger partial charge in [-0.05, 0) is 25.0 Å². The van der Waals surface area contributed by atoms with Crippen molar-refractivity contribution in [2.45, 2.75) is 25.7 Å². The van der Waals surface area contributed by atoms with E-state index >= 15 is 0 Å². The second-order valence-electron chi connectivity index (χ2n) is 5.73. The van der Waals surface area contributed by atoms with Gasteiger partial charge < -0.3 is 16.0 Å². The first-order valence-corrected chi connectivity index (χ1v) is 7.23. The fraction of sp³-hybridized carbons (Fsp3) is 0.533. The van der Waals surface area contributed by atoms with Gasteiger partial charge in [0.05, 0.1) is 12.0 Å². The molecule has 1 aromatic heterocycles. The number of hydrogen-bond acceptors (Lipinski definition) is 3. The van der Waals surface area contributed by atoms with Gasteiger partial charge in [0.15, 0.2) is 5.96 Å². The van der Waals surface area contributed by atoms with E-state index in [4.69, 9.17) is 5.73 Å². The molecule has 6 nitrogen and oxygen atoms in total. The van der Waals surface area contributed by atoms with Crippen molar-refractivity contribution < 1.29 is 4.79 Å². The number of aromatic nitrogens is 1. The number of carbonyl (C=O) groups is 1. The molecule has 1 heterocycles. The first kappa shape index (κ1) is 18.7. The van der Waals surface area contributed by atoms with Crippen LogP contribution in [0.1, 0.15) is 25.7 Å². The number of nitrogens with zero attached hydrogens (tertiary/aromatic N) is 3. The Labute approximate surface area is 148 Å².